The third kappa shape index (κ3) is 4.53. The lowest BCUT2D eigenvalue weighted by molar-refractivity contribution is 0.0519. The first kappa shape index (κ1) is 17.3. The lowest BCUT2D eigenvalue weighted by Crippen LogP contribution is -2.38. The van der Waals surface area contributed by atoms with E-state index >= 15 is 0 Å². The molecule has 0 amide bonds. The summed E-state index contributed by atoms with van der Waals surface area (Å²) in [5.41, 5.74) is 1.41. The second-order valence-electron chi connectivity index (χ2n) is 6.32. The Balaban J connectivity index is 1.56. The van der Waals surface area contributed by atoms with Gasteiger partial charge in [0.2, 0.25) is 0 Å². The first-order chi connectivity index (χ1) is 12.2. The number of piperidine rings is 1. The molecule has 2 heterocycles. The third-order valence-corrected chi connectivity index (χ3v) is 4.24. The number of hydrogen-bond donors (Lipinski definition) is 0. The Hall–Kier alpha value is -2.50. The van der Waals surface area contributed by atoms with Gasteiger partial charge in [-0.15, -0.1) is 0 Å². The lowest BCUT2D eigenvalue weighted by atomic mass is 9.99. The zero-order valence-electron chi connectivity index (χ0n) is 14.7. The Morgan fingerprint density at radius 3 is 3.12 bits per heavy atom. The molecule has 134 valence electrons. The van der Waals surface area contributed by atoms with Crippen LogP contribution in [0.25, 0.3) is 0 Å². The number of carbonyl (C=O) groups excluding carboxylic acids is 1. The number of benzene rings is 1. The second kappa shape index (κ2) is 8.05. The number of oxazole rings is 1. The van der Waals surface area contributed by atoms with Gasteiger partial charge in [-0.3, -0.25) is 0 Å². The highest BCUT2D eigenvalue weighted by molar-refractivity contribution is 5.87. The molecule has 0 aliphatic carbocycles. The number of esters is 1. The monoisotopic (exact) mass is 344 g/mol. The molecule has 1 aliphatic rings. The summed E-state index contributed by atoms with van der Waals surface area (Å²) in [7, 11) is 0. The van der Waals surface area contributed by atoms with Gasteiger partial charge in [-0.2, -0.15) is 4.98 Å². The molecule has 0 N–H and O–H groups in total. The van der Waals surface area contributed by atoms with Crippen molar-refractivity contribution in [1.29, 1.82) is 0 Å². The molecule has 6 nitrogen and oxygen atoms in total. The van der Waals surface area contributed by atoms with Gasteiger partial charge < -0.3 is 18.8 Å². The van der Waals surface area contributed by atoms with Crippen LogP contribution in [0.1, 0.15) is 35.8 Å². The molecular formula is C19H24N2O4. The van der Waals surface area contributed by atoms with Crippen LogP contribution in [0.15, 0.2) is 34.9 Å². The van der Waals surface area contributed by atoms with Crippen LogP contribution in [0, 0.1) is 12.8 Å². The van der Waals surface area contributed by atoms with E-state index in [9.17, 15) is 4.79 Å². The molecule has 0 saturated carbocycles. The number of carbonyl (C=O) groups is 1. The van der Waals surface area contributed by atoms with E-state index in [2.05, 4.69) is 22.9 Å². The molecule has 0 spiro atoms. The maximum atomic E-state index is 11.7. The van der Waals surface area contributed by atoms with Crippen molar-refractivity contribution in [2.24, 2.45) is 5.92 Å². The number of ether oxygens (including phenoxy) is 2. The maximum Gasteiger partial charge on any atom is 0.360 e. The van der Waals surface area contributed by atoms with E-state index in [4.69, 9.17) is 13.9 Å². The van der Waals surface area contributed by atoms with Crippen LogP contribution in [-0.4, -0.2) is 37.3 Å². The van der Waals surface area contributed by atoms with Gasteiger partial charge in [0.05, 0.1) is 13.2 Å². The second-order valence-corrected chi connectivity index (χ2v) is 6.32. The summed E-state index contributed by atoms with van der Waals surface area (Å²) in [6.07, 6.45) is 3.51. The number of aromatic nitrogens is 1. The Bertz CT molecular complexity index is 713. The van der Waals surface area contributed by atoms with E-state index in [0.29, 0.717) is 25.1 Å². The fourth-order valence-electron chi connectivity index (χ4n) is 3.00. The quantitative estimate of drug-likeness (QED) is 0.748. The largest absolute Gasteiger partial charge is 0.493 e. The average molecular weight is 344 g/mol. The van der Waals surface area contributed by atoms with E-state index in [-0.39, 0.29) is 5.69 Å². The van der Waals surface area contributed by atoms with Gasteiger partial charge in [-0.25, -0.2) is 4.79 Å². The van der Waals surface area contributed by atoms with Crippen LogP contribution < -0.4 is 9.64 Å². The van der Waals surface area contributed by atoms with E-state index in [1.54, 1.807) is 6.92 Å². The summed E-state index contributed by atoms with van der Waals surface area (Å²) in [6.45, 7) is 6.47. The fraction of sp³-hybridized carbons (Fsp3) is 0.474. The van der Waals surface area contributed by atoms with Crippen LogP contribution in [-0.2, 0) is 4.74 Å². The molecule has 1 aromatic heterocycles. The Labute approximate surface area is 147 Å². The van der Waals surface area contributed by atoms with Crippen molar-refractivity contribution in [3.63, 3.8) is 0 Å². The van der Waals surface area contributed by atoms with Crippen molar-refractivity contribution < 1.29 is 18.7 Å². The average Bonchev–Trinajstić information content (AvgIpc) is 3.11. The Kier molecular flexibility index (Phi) is 5.58. The first-order valence-electron chi connectivity index (χ1n) is 8.72. The predicted octanol–water partition coefficient (Wildman–Crippen LogP) is 3.46. The molecule has 1 saturated heterocycles. The van der Waals surface area contributed by atoms with Gasteiger partial charge >= 0.3 is 5.97 Å². The number of hydrogen-bond acceptors (Lipinski definition) is 6. The molecule has 25 heavy (non-hydrogen) atoms. The molecule has 1 atom stereocenters. The molecule has 0 radical (unpaired) electrons. The zero-order chi connectivity index (χ0) is 17.6. The lowest BCUT2D eigenvalue weighted by Gasteiger charge is -2.31. The van der Waals surface area contributed by atoms with Crippen LogP contribution in [0.5, 0.6) is 5.75 Å². The summed E-state index contributed by atoms with van der Waals surface area (Å²) in [4.78, 5) is 18.0. The number of nitrogens with zero attached hydrogens (tertiary/aromatic N) is 2. The summed E-state index contributed by atoms with van der Waals surface area (Å²) in [5.74, 6) is 0.846. The van der Waals surface area contributed by atoms with E-state index in [1.807, 2.05) is 18.2 Å². The van der Waals surface area contributed by atoms with E-state index < -0.39 is 5.97 Å². The van der Waals surface area contributed by atoms with Gasteiger partial charge in [0.1, 0.15) is 12.0 Å². The van der Waals surface area contributed by atoms with Crippen molar-refractivity contribution in [2.75, 3.05) is 31.2 Å². The standard InChI is InChI=1S/C19H24N2O4/c1-3-23-18(22)17-13-25-19(20-17)21-9-5-7-15(11-21)12-24-16-8-4-6-14(2)10-16/h4,6,8,10,13,15H,3,5,7,9,11-12H2,1-2H3/t15-/m1/s1. The van der Waals surface area contributed by atoms with Crippen molar-refractivity contribution in [3.8, 4) is 5.75 Å². The highest BCUT2D eigenvalue weighted by atomic mass is 16.5. The molecule has 0 unspecified atom stereocenters. The minimum atomic E-state index is -0.450. The zero-order valence-corrected chi connectivity index (χ0v) is 14.7. The Morgan fingerprint density at radius 2 is 2.32 bits per heavy atom. The number of rotatable bonds is 6. The summed E-state index contributed by atoms with van der Waals surface area (Å²) < 4.78 is 16.4. The Morgan fingerprint density at radius 1 is 1.44 bits per heavy atom. The van der Waals surface area contributed by atoms with Crippen molar-refractivity contribution >= 4 is 12.0 Å². The molecular weight excluding hydrogens is 320 g/mol. The number of anilines is 1. The van der Waals surface area contributed by atoms with Crippen LogP contribution in [0.3, 0.4) is 0 Å². The predicted molar refractivity (Wildman–Crippen MR) is 94.1 cm³/mol. The summed E-state index contributed by atoms with van der Waals surface area (Å²) in [5, 5.41) is 0. The minimum Gasteiger partial charge on any atom is -0.493 e. The van der Waals surface area contributed by atoms with Crippen LogP contribution in [0.4, 0.5) is 6.01 Å². The van der Waals surface area contributed by atoms with Crippen LogP contribution >= 0.6 is 0 Å². The van der Waals surface area contributed by atoms with Crippen molar-refractivity contribution in [1.82, 2.24) is 4.98 Å². The third-order valence-electron chi connectivity index (χ3n) is 4.24. The molecule has 6 heteroatoms. The topological polar surface area (TPSA) is 64.8 Å². The van der Waals surface area contributed by atoms with Crippen molar-refractivity contribution in [2.45, 2.75) is 26.7 Å². The normalized spacial score (nSPS) is 17.4. The molecule has 3 rings (SSSR count). The smallest absolute Gasteiger partial charge is 0.360 e. The molecule has 2 aromatic rings. The first-order valence-corrected chi connectivity index (χ1v) is 8.72. The maximum absolute atomic E-state index is 11.7. The molecule has 1 aliphatic heterocycles. The molecule has 1 aromatic carbocycles. The summed E-state index contributed by atoms with van der Waals surface area (Å²) in [6, 6.07) is 8.55. The van der Waals surface area contributed by atoms with E-state index in [1.165, 1.54) is 11.8 Å². The van der Waals surface area contributed by atoms with Gasteiger partial charge in [0, 0.05) is 19.0 Å². The minimum absolute atomic E-state index is 0.218. The fourth-order valence-corrected chi connectivity index (χ4v) is 3.00. The molecule has 1 fully saturated rings. The highest BCUT2D eigenvalue weighted by Crippen LogP contribution is 2.24. The summed E-state index contributed by atoms with van der Waals surface area (Å²) >= 11 is 0. The molecule has 0 bridgehead atoms. The van der Waals surface area contributed by atoms with Gasteiger partial charge in [-0.1, -0.05) is 12.1 Å². The van der Waals surface area contributed by atoms with Gasteiger partial charge in [-0.05, 0) is 44.4 Å². The van der Waals surface area contributed by atoms with Crippen molar-refractivity contribution in [3.05, 3.63) is 41.8 Å². The van der Waals surface area contributed by atoms with Gasteiger partial charge in [0.15, 0.2) is 5.69 Å². The number of aryl methyl sites for hydroxylation is 1. The SMILES string of the molecule is CCOC(=O)c1coc(N2CCC[C@@H](COc3cccc(C)c3)C2)n1. The van der Waals surface area contributed by atoms with Crippen LogP contribution in [0.2, 0.25) is 0 Å². The van der Waals surface area contributed by atoms with E-state index in [0.717, 1.165) is 31.7 Å². The van der Waals surface area contributed by atoms with Gasteiger partial charge in [0.25, 0.3) is 6.01 Å². The highest BCUT2D eigenvalue weighted by Gasteiger charge is 2.25.